The number of benzene rings is 3. The molecule has 0 aliphatic carbocycles. The molecule has 3 amide bonds. The monoisotopic (exact) mass is 890 g/mol. The van der Waals surface area contributed by atoms with Gasteiger partial charge in [0.1, 0.15) is 36.3 Å². The molecule has 5 aromatic rings. The first-order chi connectivity index (χ1) is 31.2. The Bertz CT molecular complexity index is 2580. The van der Waals surface area contributed by atoms with Crippen molar-refractivity contribution in [3.05, 3.63) is 78.0 Å². The Balaban J connectivity index is 1.05. The Hall–Kier alpha value is -5.97. The number of alkyl carbamates (subject to hydrolysis) is 2. The zero-order valence-corrected chi connectivity index (χ0v) is 38.6. The smallest absolute Gasteiger partial charge is 0.407 e. The van der Waals surface area contributed by atoms with Crippen molar-refractivity contribution in [2.75, 3.05) is 34.0 Å². The molecule has 65 heavy (non-hydrogen) atoms. The number of amides is 3. The number of aliphatic hydroxyl groups excluding tert-OH is 1. The second-order valence-corrected chi connectivity index (χ2v) is 18.1. The SMILES string of the molecule is C=C1C(C)[C@H](NC(=O)OC)C(=O)N([C@@H](C)c2ncc(-c3ccc4c(c3)COc3cc5c(ccc6[nH]c([C@H](C)N(CC(C)C)C(O)[C@@H](NC(=O)OC)C7CCOCC7)nc65)cc3-4)[nH]2)[C@@H]1CC. The summed E-state index contributed by atoms with van der Waals surface area (Å²) in [6.45, 7) is 18.5. The summed E-state index contributed by atoms with van der Waals surface area (Å²) < 4.78 is 21.9. The molecule has 3 aromatic carbocycles. The molecular weight excluding hydrogens is 829 g/mol. The molecule has 0 spiro atoms. The predicted octanol–water partition coefficient (Wildman–Crippen LogP) is 7.75. The number of aromatic amines is 2. The van der Waals surface area contributed by atoms with Crippen molar-refractivity contribution in [1.82, 2.24) is 40.4 Å². The van der Waals surface area contributed by atoms with E-state index in [4.69, 9.17) is 28.9 Å². The van der Waals surface area contributed by atoms with Crippen molar-refractivity contribution in [3.8, 4) is 28.1 Å². The highest BCUT2D eigenvalue weighted by atomic mass is 16.5. The van der Waals surface area contributed by atoms with Crippen LogP contribution in [-0.4, -0.2) is 111 Å². The van der Waals surface area contributed by atoms with E-state index in [2.05, 4.69) is 77.4 Å². The van der Waals surface area contributed by atoms with Gasteiger partial charge in [0.25, 0.3) is 0 Å². The van der Waals surface area contributed by atoms with Crippen molar-refractivity contribution >= 4 is 39.9 Å². The number of likely N-dealkylation sites (tertiary alicyclic amines) is 1. The number of rotatable bonds is 13. The normalized spacial score (nSPS) is 20.8. The fourth-order valence-corrected chi connectivity index (χ4v) is 10.0. The number of hydrogen-bond acceptors (Lipinski definition) is 11. The molecule has 16 nitrogen and oxygen atoms in total. The highest BCUT2D eigenvalue weighted by Gasteiger charge is 2.45. The molecule has 3 aliphatic rings. The van der Waals surface area contributed by atoms with Gasteiger partial charge in [-0.25, -0.2) is 19.6 Å². The molecule has 0 bridgehead atoms. The highest BCUT2D eigenvalue weighted by Crippen LogP contribution is 2.43. The Morgan fingerprint density at radius 1 is 1.02 bits per heavy atom. The quantitative estimate of drug-likeness (QED) is 0.0573. The van der Waals surface area contributed by atoms with E-state index < -0.39 is 36.5 Å². The Morgan fingerprint density at radius 3 is 2.48 bits per heavy atom. The predicted molar refractivity (Wildman–Crippen MR) is 247 cm³/mol. The maximum Gasteiger partial charge on any atom is 0.407 e. The number of fused-ring (bicyclic) bond motifs is 6. The summed E-state index contributed by atoms with van der Waals surface area (Å²) in [7, 11) is 2.61. The molecule has 8 rings (SSSR count). The lowest BCUT2D eigenvalue weighted by Crippen LogP contribution is -2.60. The van der Waals surface area contributed by atoms with Crippen LogP contribution in [0, 0.1) is 17.8 Å². The molecular formula is C49H62N8O8. The first-order valence-electron chi connectivity index (χ1n) is 22.7. The van der Waals surface area contributed by atoms with Crippen LogP contribution in [0.4, 0.5) is 9.59 Å². The molecule has 0 saturated carbocycles. The Kier molecular flexibility index (Phi) is 13.2. The zero-order valence-electron chi connectivity index (χ0n) is 38.6. The fraction of sp³-hybridized carbons (Fsp3) is 0.490. The van der Waals surface area contributed by atoms with Crippen LogP contribution in [0.1, 0.15) is 90.1 Å². The average Bonchev–Trinajstić information content (AvgIpc) is 4.00. The number of piperidine rings is 1. The van der Waals surface area contributed by atoms with E-state index in [-0.39, 0.29) is 35.7 Å². The topological polar surface area (TPSA) is 196 Å². The molecule has 2 unspecified atom stereocenters. The van der Waals surface area contributed by atoms with Crippen LogP contribution >= 0.6 is 0 Å². The Morgan fingerprint density at radius 2 is 1.77 bits per heavy atom. The zero-order chi connectivity index (χ0) is 46.3. The number of aliphatic hydroxyl groups is 1. The number of aromatic nitrogens is 4. The minimum Gasteiger partial charge on any atom is -0.488 e. The number of ether oxygens (including phenoxy) is 4. The van der Waals surface area contributed by atoms with Crippen molar-refractivity contribution in [3.63, 3.8) is 0 Å². The summed E-state index contributed by atoms with van der Waals surface area (Å²) in [5.74, 6) is 1.86. The molecule has 5 N–H and O–H groups in total. The molecule has 7 atom stereocenters. The molecule has 346 valence electrons. The summed E-state index contributed by atoms with van der Waals surface area (Å²) in [6.07, 6.45) is 1.64. The van der Waals surface area contributed by atoms with Gasteiger partial charge < -0.3 is 49.6 Å². The number of nitrogens with zero attached hydrogens (tertiary/aromatic N) is 4. The van der Waals surface area contributed by atoms with Crippen LogP contribution in [0.25, 0.3) is 44.2 Å². The maximum atomic E-state index is 13.9. The van der Waals surface area contributed by atoms with Gasteiger partial charge in [-0.05, 0) is 96.9 Å². The third-order valence-corrected chi connectivity index (χ3v) is 13.7. The first-order valence-corrected chi connectivity index (χ1v) is 22.7. The molecule has 2 fully saturated rings. The van der Waals surface area contributed by atoms with E-state index in [1.165, 1.54) is 14.2 Å². The summed E-state index contributed by atoms with van der Waals surface area (Å²) in [6, 6.07) is 12.3. The number of carbonyl (C=O) groups is 3. The Labute approximate surface area is 379 Å². The van der Waals surface area contributed by atoms with Crippen LogP contribution in [-0.2, 0) is 25.6 Å². The van der Waals surface area contributed by atoms with E-state index in [1.807, 2.05) is 38.7 Å². The second-order valence-electron chi connectivity index (χ2n) is 18.1. The average molecular weight is 891 g/mol. The fourth-order valence-electron chi connectivity index (χ4n) is 10.0. The lowest BCUT2D eigenvalue weighted by molar-refractivity contribution is -0.141. The van der Waals surface area contributed by atoms with Crippen LogP contribution < -0.4 is 15.4 Å². The van der Waals surface area contributed by atoms with Crippen LogP contribution in [0.15, 0.2) is 60.8 Å². The minimum absolute atomic E-state index is 0.0142. The van der Waals surface area contributed by atoms with Gasteiger partial charge in [-0.2, -0.15) is 0 Å². The van der Waals surface area contributed by atoms with Gasteiger partial charge in [0.05, 0.1) is 61.3 Å². The summed E-state index contributed by atoms with van der Waals surface area (Å²) >= 11 is 0. The number of carbonyl (C=O) groups excluding carboxylic acids is 3. The molecule has 16 heteroatoms. The second kappa shape index (κ2) is 18.9. The van der Waals surface area contributed by atoms with E-state index in [0.717, 1.165) is 73.9 Å². The third kappa shape index (κ3) is 8.78. The van der Waals surface area contributed by atoms with Crippen LogP contribution in [0.3, 0.4) is 0 Å². The third-order valence-electron chi connectivity index (χ3n) is 13.7. The van der Waals surface area contributed by atoms with Crippen molar-refractivity contribution < 1.29 is 38.4 Å². The number of H-pyrrole nitrogens is 2. The van der Waals surface area contributed by atoms with Crippen molar-refractivity contribution in [1.29, 1.82) is 0 Å². The summed E-state index contributed by atoms with van der Waals surface area (Å²) in [5.41, 5.74) is 7.36. The van der Waals surface area contributed by atoms with E-state index in [0.29, 0.717) is 44.4 Å². The standard InChI is InChI=1S/C49H62N8O8/c1-10-39-26(4)27(5)41(54-48(60)62-8)47(59)57(39)29(7)44-50-22-38(52-44)32-11-13-34-33(19-32)24-65-40-21-35-31(20-36(34)40)12-14-37-43(35)53-45(51-37)28(6)56(23-25(2)3)46(58)42(55-49(61)63-9)30-15-17-64-18-16-30/h11-14,19-22,25,27-30,39,41-42,46,58H,4,10,15-18,23-24H2,1-3,5-9H3,(H,50,52)(H,51,53)(H,54,60)(H,55,61)/t27?,28-,29-,39+,41-,42-,46?/m0/s1. The molecule has 5 heterocycles. The molecule has 3 aliphatic heterocycles. The van der Waals surface area contributed by atoms with Gasteiger partial charge >= 0.3 is 12.2 Å². The van der Waals surface area contributed by atoms with Gasteiger partial charge in [0.2, 0.25) is 5.91 Å². The van der Waals surface area contributed by atoms with E-state index in [1.54, 1.807) is 11.1 Å². The van der Waals surface area contributed by atoms with Gasteiger partial charge in [-0.3, -0.25) is 9.69 Å². The maximum absolute atomic E-state index is 13.9. The van der Waals surface area contributed by atoms with Crippen LogP contribution in [0.2, 0.25) is 0 Å². The van der Waals surface area contributed by atoms with Gasteiger partial charge in [0, 0.05) is 36.6 Å². The largest absolute Gasteiger partial charge is 0.488 e. The number of hydrogen-bond donors (Lipinski definition) is 5. The van der Waals surface area contributed by atoms with E-state index >= 15 is 0 Å². The summed E-state index contributed by atoms with van der Waals surface area (Å²) in [5, 5.41) is 19.7. The lowest BCUT2D eigenvalue weighted by atomic mass is 9.81. The van der Waals surface area contributed by atoms with Gasteiger partial charge in [-0.1, -0.05) is 52.5 Å². The number of nitrogens with one attached hydrogen (secondary N) is 4. The number of imidazole rings is 2. The van der Waals surface area contributed by atoms with Crippen LogP contribution in [0.5, 0.6) is 5.75 Å². The minimum atomic E-state index is -1.01. The summed E-state index contributed by atoms with van der Waals surface area (Å²) in [4.78, 5) is 59.4. The lowest BCUT2D eigenvalue weighted by Gasteiger charge is -2.46. The van der Waals surface area contributed by atoms with Gasteiger partial charge in [-0.15, -0.1) is 0 Å². The first kappa shape index (κ1) is 45.6. The highest BCUT2D eigenvalue weighted by molar-refractivity contribution is 6.07. The van der Waals surface area contributed by atoms with E-state index in [9.17, 15) is 19.5 Å². The number of methoxy groups -OCH3 is 2. The molecule has 2 aromatic heterocycles. The molecule has 2 saturated heterocycles. The molecule has 0 radical (unpaired) electrons. The van der Waals surface area contributed by atoms with Crippen molar-refractivity contribution in [2.45, 2.75) is 104 Å². The van der Waals surface area contributed by atoms with Gasteiger partial charge in [0.15, 0.2) is 0 Å². The van der Waals surface area contributed by atoms with Crippen molar-refractivity contribution in [2.24, 2.45) is 17.8 Å².